The molecule has 0 radical (unpaired) electrons. The van der Waals surface area contributed by atoms with Crippen molar-refractivity contribution in [2.24, 2.45) is 0 Å². The Morgan fingerprint density at radius 1 is 0.800 bits per heavy atom. The van der Waals surface area contributed by atoms with Crippen LogP contribution in [0.2, 0.25) is 0 Å². The summed E-state index contributed by atoms with van der Waals surface area (Å²) < 4.78 is 0. The van der Waals surface area contributed by atoms with E-state index in [0.29, 0.717) is 0 Å². The number of rotatable bonds is 0. The van der Waals surface area contributed by atoms with Crippen molar-refractivity contribution in [3.05, 3.63) is 0 Å². The Labute approximate surface area is 44.6 Å². The van der Waals surface area contributed by atoms with Gasteiger partial charge in [-0.2, -0.15) is 0 Å². The second kappa shape index (κ2) is 202. The van der Waals surface area contributed by atoms with Crippen molar-refractivity contribution >= 4 is 0 Å². The van der Waals surface area contributed by atoms with E-state index in [1.165, 1.54) is 0 Å². The Balaban J connectivity index is -0.00000000167. The second-order valence-electron chi connectivity index (χ2n) is 0. The van der Waals surface area contributed by atoms with Crippen molar-refractivity contribution in [3.63, 3.8) is 0 Å². The fourth-order valence-electron chi connectivity index (χ4n) is 0. The van der Waals surface area contributed by atoms with E-state index in [1.54, 1.807) is 0 Å². The predicted octanol–water partition coefficient (Wildman–Crippen LogP) is 0.339. The molecule has 0 aliphatic carbocycles. The van der Waals surface area contributed by atoms with Crippen molar-refractivity contribution in [3.8, 4) is 0 Å². The maximum atomic E-state index is 6.00. The average molecular weight is 252 g/mol. The molecule has 0 spiro atoms. The first-order chi connectivity index (χ1) is 1.00. The molecule has 0 saturated carbocycles. The molecule has 36 valence electrons. The third-order valence-electron chi connectivity index (χ3n) is 0. The van der Waals surface area contributed by atoms with Crippen LogP contribution in [0, 0.1) is 0 Å². The van der Waals surface area contributed by atoms with E-state index in [2.05, 4.69) is 0 Å². The monoisotopic (exact) mass is 252 g/mol. The number of hydrogen-bond donors (Lipinski definition) is 4. The van der Waals surface area contributed by atoms with Gasteiger partial charge in [0.25, 0.3) is 0 Å². The SMILES string of the molecule is N.N.OO.[W]. The van der Waals surface area contributed by atoms with Crippen LogP contribution in [0.3, 0.4) is 0 Å². The second-order valence-corrected chi connectivity index (χ2v) is 0. The summed E-state index contributed by atoms with van der Waals surface area (Å²) in [5.74, 6) is 0. The van der Waals surface area contributed by atoms with Crippen LogP contribution >= 0.6 is 0 Å². The van der Waals surface area contributed by atoms with Crippen LogP contribution in [0.5, 0.6) is 0 Å². The maximum Gasteiger partial charge on any atom is 0 e. The summed E-state index contributed by atoms with van der Waals surface area (Å²) in [5.41, 5.74) is 0. The first-order valence-electron chi connectivity index (χ1n) is 0.200. The van der Waals surface area contributed by atoms with Crippen LogP contribution < -0.4 is 12.3 Å². The summed E-state index contributed by atoms with van der Waals surface area (Å²) in [6.45, 7) is 0. The minimum Gasteiger partial charge on any atom is -0.344 e. The van der Waals surface area contributed by atoms with E-state index >= 15 is 0 Å². The summed E-state index contributed by atoms with van der Waals surface area (Å²) in [7, 11) is 0. The predicted molar refractivity (Wildman–Crippen MR) is 15.3 cm³/mol. The molecular weight excluding hydrogens is 244 g/mol. The van der Waals surface area contributed by atoms with Gasteiger partial charge in [-0.25, -0.2) is 0 Å². The molecule has 5 heavy (non-hydrogen) atoms. The van der Waals surface area contributed by atoms with Crippen LogP contribution in [-0.2, 0) is 21.1 Å². The molecular formula is H8N2O2W. The first-order valence-corrected chi connectivity index (χ1v) is 0.200. The molecule has 0 aliphatic heterocycles. The van der Waals surface area contributed by atoms with Gasteiger partial charge in [0.15, 0.2) is 0 Å². The number of hydrogen-bond acceptors (Lipinski definition) is 4. The quantitative estimate of drug-likeness (QED) is 0.368. The molecule has 0 unspecified atom stereocenters. The van der Waals surface area contributed by atoms with E-state index < -0.39 is 0 Å². The summed E-state index contributed by atoms with van der Waals surface area (Å²) in [6, 6.07) is 0. The van der Waals surface area contributed by atoms with E-state index in [0.717, 1.165) is 0 Å². The molecule has 0 rings (SSSR count). The molecule has 0 bridgehead atoms. The van der Waals surface area contributed by atoms with Crippen molar-refractivity contribution in [2.45, 2.75) is 0 Å². The van der Waals surface area contributed by atoms with Crippen LogP contribution in [0.25, 0.3) is 0 Å². The van der Waals surface area contributed by atoms with Gasteiger partial charge in [0.2, 0.25) is 0 Å². The van der Waals surface area contributed by atoms with Gasteiger partial charge in [0.05, 0.1) is 0 Å². The fourth-order valence-corrected chi connectivity index (χ4v) is 0. The van der Waals surface area contributed by atoms with Crippen molar-refractivity contribution in [1.82, 2.24) is 12.3 Å². The van der Waals surface area contributed by atoms with Crippen molar-refractivity contribution < 1.29 is 31.6 Å². The molecule has 0 aromatic rings. The van der Waals surface area contributed by atoms with E-state index in [9.17, 15) is 0 Å². The van der Waals surface area contributed by atoms with Crippen molar-refractivity contribution in [1.29, 1.82) is 0 Å². The third kappa shape index (κ3) is 104. The molecule has 0 heterocycles. The summed E-state index contributed by atoms with van der Waals surface area (Å²) in [6.07, 6.45) is 0. The van der Waals surface area contributed by atoms with Crippen LogP contribution in [0.15, 0.2) is 0 Å². The third-order valence-corrected chi connectivity index (χ3v) is 0. The van der Waals surface area contributed by atoms with Crippen LogP contribution in [0.1, 0.15) is 0 Å². The minimum absolute atomic E-state index is 0. The van der Waals surface area contributed by atoms with Gasteiger partial charge in [-0.15, -0.1) is 0 Å². The largest absolute Gasteiger partial charge is 0.344 e. The Morgan fingerprint density at radius 3 is 0.800 bits per heavy atom. The molecule has 0 fully saturated rings. The normalized spacial score (nSPS) is 1.20. The zero-order valence-electron chi connectivity index (χ0n) is 2.72. The molecule has 0 amide bonds. The molecule has 0 aromatic carbocycles. The average Bonchev–Trinajstić information content (AvgIpc) is 1.00. The topological polar surface area (TPSA) is 110 Å². The Morgan fingerprint density at radius 2 is 0.800 bits per heavy atom. The van der Waals surface area contributed by atoms with Gasteiger partial charge in [0, 0.05) is 21.1 Å². The molecule has 0 aromatic heterocycles. The van der Waals surface area contributed by atoms with Crippen LogP contribution in [0.4, 0.5) is 0 Å². The summed E-state index contributed by atoms with van der Waals surface area (Å²) in [4.78, 5) is 0. The molecule has 8 N–H and O–H groups in total. The van der Waals surface area contributed by atoms with Crippen molar-refractivity contribution in [2.75, 3.05) is 0 Å². The molecule has 0 atom stereocenters. The Kier molecular flexibility index (Phi) is 1960. The van der Waals surface area contributed by atoms with E-state index in [-0.39, 0.29) is 33.4 Å². The van der Waals surface area contributed by atoms with Gasteiger partial charge < -0.3 is 12.3 Å². The molecule has 5 heteroatoms. The maximum absolute atomic E-state index is 6.00. The minimum atomic E-state index is 0. The first kappa shape index (κ1) is 48.5. The summed E-state index contributed by atoms with van der Waals surface area (Å²) in [5, 5.41) is 12.0. The van der Waals surface area contributed by atoms with Gasteiger partial charge >= 0.3 is 0 Å². The van der Waals surface area contributed by atoms with E-state index in [1.807, 2.05) is 0 Å². The van der Waals surface area contributed by atoms with Gasteiger partial charge in [-0.05, 0) is 0 Å². The zero-order valence-corrected chi connectivity index (χ0v) is 5.65. The molecule has 0 aliphatic rings. The Hall–Kier alpha value is 0.528. The van der Waals surface area contributed by atoms with Gasteiger partial charge in [-0.3, -0.25) is 10.5 Å². The summed E-state index contributed by atoms with van der Waals surface area (Å²) >= 11 is 0. The molecule has 4 nitrogen and oxygen atoms in total. The van der Waals surface area contributed by atoms with Gasteiger partial charge in [-0.1, -0.05) is 0 Å². The standard InChI is InChI=1S/2H3N.H2O2.W/c;;1-2;/h2*1H3;1-2H;. The Bertz CT molecular complexity index is 7.61. The molecule has 0 saturated heterocycles. The van der Waals surface area contributed by atoms with Gasteiger partial charge in [0.1, 0.15) is 0 Å². The van der Waals surface area contributed by atoms with E-state index in [4.69, 9.17) is 10.5 Å². The van der Waals surface area contributed by atoms with Crippen LogP contribution in [-0.4, -0.2) is 10.5 Å². The fraction of sp³-hybridized carbons (Fsp3) is 0. The smallest absolute Gasteiger partial charge is 0 e. The zero-order chi connectivity index (χ0) is 2.00.